The first-order valence-electron chi connectivity index (χ1n) is 7.43. The third kappa shape index (κ3) is 3.81. The van der Waals surface area contributed by atoms with Gasteiger partial charge in [0.1, 0.15) is 0 Å². The summed E-state index contributed by atoms with van der Waals surface area (Å²) in [5, 5.41) is 12.3. The van der Waals surface area contributed by atoms with Crippen LogP contribution in [0.2, 0.25) is 0 Å². The van der Waals surface area contributed by atoms with Gasteiger partial charge in [-0.2, -0.15) is 0 Å². The Hall–Kier alpha value is -1.39. The number of hydrogen-bond acceptors (Lipinski definition) is 3. The van der Waals surface area contributed by atoms with Crippen LogP contribution in [0.5, 0.6) is 0 Å². The Morgan fingerprint density at radius 2 is 2.15 bits per heavy atom. The van der Waals surface area contributed by atoms with Gasteiger partial charge in [0.2, 0.25) is 5.91 Å². The maximum absolute atomic E-state index is 11.4. The maximum Gasteiger partial charge on any atom is 0.219 e. The SMILES string of the molecule is CCC(=O)NCc1ccccc1CN1CCC[C@H]1CO. The first kappa shape index (κ1) is 15.0. The maximum atomic E-state index is 11.4. The molecule has 110 valence electrons. The molecule has 1 saturated heterocycles. The first-order chi connectivity index (χ1) is 9.74. The van der Waals surface area contributed by atoms with Crippen molar-refractivity contribution in [3.63, 3.8) is 0 Å². The third-order valence-electron chi connectivity index (χ3n) is 4.00. The molecule has 1 aliphatic heterocycles. The Labute approximate surface area is 120 Å². The smallest absolute Gasteiger partial charge is 0.219 e. The molecular formula is C16H24N2O2. The predicted molar refractivity (Wildman–Crippen MR) is 79.1 cm³/mol. The lowest BCUT2D eigenvalue weighted by molar-refractivity contribution is -0.120. The molecule has 1 aliphatic rings. The molecule has 4 heteroatoms. The van der Waals surface area contributed by atoms with E-state index < -0.39 is 0 Å². The highest BCUT2D eigenvalue weighted by Gasteiger charge is 2.24. The van der Waals surface area contributed by atoms with E-state index in [1.165, 1.54) is 5.56 Å². The van der Waals surface area contributed by atoms with Crippen LogP contribution >= 0.6 is 0 Å². The quantitative estimate of drug-likeness (QED) is 0.831. The molecule has 20 heavy (non-hydrogen) atoms. The average molecular weight is 276 g/mol. The molecule has 2 rings (SSSR count). The lowest BCUT2D eigenvalue weighted by Gasteiger charge is -2.24. The van der Waals surface area contributed by atoms with Crippen LogP contribution in [0.4, 0.5) is 0 Å². The molecule has 0 aliphatic carbocycles. The fourth-order valence-electron chi connectivity index (χ4n) is 2.73. The number of aliphatic hydroxyl groups excluding tert-OH is 1. The first-order valence-corrected chi connectivity index (χ1v) is 7.43. The second kappa shape index (κ2) is 7.41. The molecule has 4 nitrogen and oxygen atoms in total. The molecule has 0 saturated carbocycles. The summed E-state index contributed by atoms with van der Waals surface area (Å²) in [6.45, 7) is 4.57. The van der Waals surface area contributed by atoms with Crippen molar-refractivity contribution in [2.24, 2.45) is 0 Å². The van der Waals surface area contributed by atoms with E-state index in [1.807, 2.05) is 19.1 Å². The van der Waals surface area contributed by atoms with Crippen molar-refractivity contribution in [1.82, 2.24) is 10.2 Å². The number of benzene rings is 1. The molecule has 1 aromatic rings. The number of amides is 1. The second-order valence-corrected chi connectivity index (χ2v) is 5.35. The largest absolute Gasteiger partial charge is 0.395 e. The van der Waals surface area contributed by atoms with Crippen LogP contribution in [0.3, 0.4) is 0 Å². The van der Waals surface area contributed by atoms with Crippen molar-refractivity contribution >= 4 is 5.91 Å². The van der Waals surface area contributed by atoms with Crippen LogP contribution in [0.25, 0.3) is 0 Å². The van der Waals surface area contributed by atoms with Crippen molar-refractivity contribution in [3.8, 4) is 0 Å². The van der Waals surface area contributed by atoms with E-state index in [4.69, 9.17) is 0 Å². The zero-order chi connectivity index (χ0) is 14.4. The number of carbonyl (C=O) groups excluding carboxylic acids is 1. The van der Waals surface area contributed by atoms with Crippen molar-refractivity contribution in [1.29, 1.82) is 0 Å². The summed E-state index contributed by atoms with van der Waals surface area (Å²) in [5.74, 6) is 0.0780. The van der Waals surface area contributed by atoms with Gasteiger partial charge < -0.3 is 10.4 Å². The topological polar surface area (TPSA) is 52.6 Å². The van der Waals surface area contributed by atoms with Crippen LogP contribution in [0, 0.1) is 0 Å². The number of rotatable bonds is 6. The zero-order valence-corrected chi connectivity index (χ0v) is 12.1. The van der Waals surface area contributed by atoms with E-state index >= 15 is 0 Å². The minimum atomic E-state index is 0.0780. The molecule has 0 radical (unpaired) electrons. The van der Waals surface area contributed by atoms with E-state index in [0.717, 1.165) is 31.5 Å². The molecule has 0 aromatic heterocycles. The Bertz CT molecular complexity index is 448. The van der Waals surface area contributed by atoms with Gasteiger partial charge in [0, 0.05) is 25.6 Å². The van der Waals surface area contributed by atoms with Gasteiger partial charge in [0.05, 0.1) is 6.61 Å². The number of carbonyl (C=O) groups is 1. The fourth-order valence-corrected chi connectivity index (χ4v) is 2.73. The van der Waals surface area contributed by atoms with E-state index in [9.17, 15) is 9.90 Å². The summed E-state index contributed by atoms with van der Waals surface area (Å²) in [6.07, 6.45) is 2.74. The highest BCUT2D eigenvalue weighted by molar-refractivity contribution is 5.75. The van der Waals surface area contributed by atoms with Gasteiger partial charge in [-0.25, -0.2) is 0 Å². The summed E-state index contributed by atoms with van der Waals surface area (Å²) in [4.78, 5) is 13.7. The average Bonchev–Trinajstić information content (AvgIpc) is 2.93. The summed E-state index contributed by atoms with van der Waals surface area (Å²) < 4.78 is 0. The molecular weight excluding hydrogens is 252 g/mol. The van der Waals surface area contributed by atoms with Gasteiger partial charge in [-0.05, 0) is 30.5 Å². The third-order valence-corrected chi connectivity index (χ3v) is 4.00. The van der Waals surface area contributed by atoms with Crippen LogP contribution in [-0.4, -0.2) is 35.1 Å². The van der Waals surface area contributed by atoms with Crippen molar-refractivity contribution < 1.29 is 9.90 Å². The van der Waals surface area contributed by atoms with Crippen LogP contribution in [0.15, 0.2) is 24.3 Å². The lowest BCUT2D eigenvalue weighted by atomic mass is 10.1. The number of nitrogens with zero attached hydrogens (tertiary/aromatic N) is 1. The molecule has 2 N–H and O–H groups in total. The van der Waals surface area contributed by atoms with Gasteiger partial charge in [0.15, 0.2) is 0 Å². The van der Waals surface area contributed by atoms with E-state index in [1.54, 1.807) is 0 Å². The van der Waals surface area contributed by atoms with Crippen molar-refractivity contribution in [2.75, 3.05) is 13.2 Å². The minimum Gasteiger partial charge on any atom is -0.395 e. The van der Waals surface area contributed by atoms with Gasteiger partial charge in [-0.1, -0.05) is 31.2 Å². The molecule has 0 unspecified atom stereocenters. The van der Waals surface area contributed by atoms with Gasteiger partial charge in [-0.15, -0.1) is 0 Å². The number of nitrogens with one attached hydrogen (secondary N) is 1. The van der Waals surface area contributed by atoms with Gasteiger partial charge in [0.25, 0.3) is 0 Å². The molecule has 0 bridgehead atoms. The summed E-state index contributed by atoms with van der Waals surface area (Å²) in [5.41, 5.74) is 2.40. The molecule has 1 heterocycles. The Kier molecular flexibility index (Phi) is 5.56. The van der Waals surface area contributed by atoms with Crippen molar-refractivity contribution in [2.45, 2.75) is 45.3 Å². The molecule has 1 aromatic carbocycles. The van der Waals surface area contributed by atoms with Crippen LogP contribution in [-0.2, 0) is 17.9 Å². The standard InChI is InChI=1S/C16H24N2O2/c1-2-16(20)17-10-13-6-3-4-7-14(13)11-18-9-5-8-15(18)12-19/h3-4,6-7,15,19H,2,5,8-12H2,1H3,(H,17,20)/t15-/m0/s1. The van der Waals surface area contributed by atoms with E-state index in [-0.39, 0.29) is 18.6 Å². The normalized spacial score (nSPS) is 19.2. The highest BCUT2D eigenvalue weighted by atomic mass is 16.3. The molecule has 1 amide bonds. The molecule has 0 spiro atoms. The van der Waals surface area contributed by atoms with E-state index in [0.29, 0.717) is 13.0 Å². The predicted octanol–water partition coefficient (Wildman–Crippen LogP) is 1.67. The Morgan fingerprint density at radius 3 is 2.85 bits per heavy atom. The molecule has 1 atom stereocenters. The second-order valence-electron chi connectivity index (χ2n) is 5.35. The van der Waals surface area contributed by atoms with Crippen molar-refractivity contribution in [3.05, 3.63) is 35.4 Å². The monoisotopic (exact) mass is 276 g/mol. The van der Waals surface area contributed by atoms with Gasteiger partial charge in [-0.3, -0.25) is 9.69 Å². The zero-order valence-electron chi connectivity index (χ0n) is 12.1. The molecule has 1 fully saturated rings. The number of likely N-dealkylation sites (tertiary alicyclic amines) is 1. The number of hydrogen-bond donors (Lipinski definition) is 2. The highest BCUT2D eigenvalue weighted by Crippen LogP contribution is 2.21. The summed E-state index contributed by atoms with van der Waals surface area (Å²) >= 11 is 0. The van der Waals surface area contributed by atoms with Crippen LogP contribution < -0.4 is 5.32 Å². The Balaban J connectivity index is 2.02. The minimum absolute atomic E-state index is 0.0780. The number of aliphatic hydroxyl groups is 1. The Morgan fingerprint density at radius 1 is 1.40 bits per heavy atom. The fraction of sp³-hybridized carbons (Fsp3) is 0.562. The lowest BCUT2D eigenvalue weighted by Crippen LogP contribution is -2.32. The summed E-state index contributed by atoms with van der Waals surface area (Å²) in [6, 6.07) is 8.50. The summed E-state index contributed by atoms with van der Waals surface area (Å²) in [7, 11) is 0. The van der Waals surface area contributed by atoms with Gasteiger partial charge >= 0.3 is 0 Å². The van der Waals surface area contributed by atoms with E-state index in [2.05, 4.69) is 22.3 Å². The van der Waals surface area contributed by atoms with Crippen LogP contribution in [0.1, 0.15) is 37.3 Å².